The van der Waals surface area contributed by atoms with Crippen LogP contribution in [0.1, 0.15) is 25.7 Å². The average Bonchev–Trinajstić information content (AvgIpc) is 3.49. The Hall–Kier alpha value is -3.00. The molecule has 0 unspecified atom stereocenters. The number of aromatic amines is 1. The van der Waals surface area contributed by atoms with Crippen molar-refractivity contribution in [1.82, 2.24) is 24.7 Å². The highest BCUT2D eigenvalue weighted by Crippen LogP contribution is 2.31. The number of fused-ring (bicyclic) bond motifs is 1. The van der Waals surface area contributed by atoms with Crippen molar-refractivity contribution in [1.29, 1.82) is 0 Å². The molecule has 0 radical (unpaired) electrons. The lowest BCUT2D eigenvalue weighted by atomic mass is 10.2. The first kappa shape index (κ1) is 17.1. The van der Waals surface area contributed by atoms with E-state index in [0.717, 1.165) is 48.0 Å². The Labute approximate surface area is 162 Å². The van der Waals surface area contributed by atoms with Crippen molar-refractivity contribution >= 4 is 20.9 Å². The van der Waals surface area contributed by atoms with Gasteiger partial charge < -0.3 is 4.57 Å². The predicted octanol–water partition coefficient (Wildman–Crippen LogP) is 3.53. The van der Waals surface area contributed by atoms with E-state index < -0.39 is 9.84 Å². The number of sulfone groups is 1. The van der Waals surface area contributed by atoms with Gasteiger partial charge in [-0.3, -0.25) is 5.10 Å². The first-order chi connectivity index (χ1) is 13.6. The SMILES string of the molecule is O=S(=O)(c1cnc2c(ccn2-c2cccc(-c3ncn[nH]3)c2)c1)C1CCCC1. The molecule has 1 aromatic carbocycles. The molecular weight excluding hydrogens is 374 g/mol. The van der Waals surface area contributed by atoms with E-state index in [1.54, 1.807) is 6.07 Å². The number of nitrogens with zero attached hydrogens (tertiary/aromatic N) is 4. The lowest BCUT2D eigenvalue weighted by molar-refractivity contribution is 0.579. The largest absolute Gasteiger partial charge is 0.301 e. The maximum Gasteiger partial charge on any atom is 0.182 e. The molecule has 3 aromatic heterocycles. The number of hydrogen-bond donors (Lipinski definition) is 1. The summed E-state index contributed by atoms with van der Waals surface area (Å²) in [5.74, 6) is 0.691. The monoisotopic (exact) mass is 393 g/mol. The zero-order valence-corrected chi connectivity index (χ0v) is 15.9. The second-order valence-corrected chi connectivity index (χ2v) is 9.33. The summed E-state index contributed by atoms with van der Waals surface area (Å²) >= 11 is 0. The number of H-pyrrole nitrogens is 1. The normalized spacial score (nSPS) is 15.4. The minimum Gasteiger partial charge on any atom is -0.301 e. The van der Waals surface area contributed by atoms with Gasteiger partial charge in [0.05, 0.1) is 10.1 Å². The van der Waals surface area contributed by atoms with Crippen LogP contribution in [-0.4, -0.2) is 38.4 Å². The molecule has 1 aliphatic carbocycles. The predicted molar refractivity (Wildman–Crippen MR) is 106 cm³/mol. The van der Waals surface area contributed by atoms with Gasteiger partial charge in [0.2, 0.25) is 0 Å². The molecule has 0 saturated heterocycles. The topological polar surface area (TPSA) is 93.5 Å². The fraction of sp³-hybridized carbons (Fsp3) is 0.250. The van der Waals surface area contributed by atoms with Crippen LogP contribution in [0.3, 0.4) is 0 Å². The minimum absolute atomic E-state index is 0.271. The van der Waals surface area contributed by atoms with Crippen LogP contribution in [-0.2, 0) is 9.84 Å². The summed E-state index contributed by atoms with van der Waals surface area (Å²) in [6.07, 6.45) is 8.33. The van der Waals surface area contributed by atoms with Gasteiger partial charge in [-0.1, -0.05) is 25.0 Å². The first-order valence-corrected chi connectivity index (χ1v) is 10.8. The van der Waals surface area contributed by atoms with Gasteiger partial charge >= 0.3 is 0 Å². The molecule has 0 atom stereocenters. The van der Waals surface area contributed by atoms with E-state index in [2.05, 4.69) is 20.2 Å². The van der Waals surface area contributed by atoms with E-state index in [0.29, 0.717) is 10.7 Å². The number of benzene rings is 1. The smallest absolute Gasteiger partial charge is 0.182 e. The highest BCUT2D eigenvalue weighted by atomic mass is 32.2. The summed E-state index contributed by atoms with van der Waals surface area (Å²) in [5.41, 5.74) is 2.56. The molecule has 142 valence electrons. The van der Waals surface area contributed by atoms with Crippen molar-refractivity contribution in [3.8, 4) is 17.1 Å². The molecule has 1 saturated carbocycles. The molecule has 0 aliphatic heterocycles. The van der Waals surface area contributed by atoms with Crippen LogP contribution in [0, 0.1) is 0 Å². The number of hydrogen-bond acceptors (Lipinski definition) is 5. The maximum absolute atomic E-state index is 12.9. The molecule has 28 heavy (non-hydrogen) atoms. The standard InChI is InChI=1S/C20H19N5O2S/c26-28(27,17-6-1-2-7-17)18-11-15-8-9-25(20(15)21-12-18)16-5-3-4-14(10-16)19-22-13-23-24-19/h3-5,8-13,17H,1-2,6-7H2,(H,22,23,24). The molecule has 8 heteroatoms. The molecule has 0 amide bonds. The van der Waals surface area contributed by atoms with Crippen molar-refractivity contribution in [2.24, 2.45) is 0 Å². The van der Waals surface area contributed by atoms with Crippen LogP contribution in [0.15, 0.2) is 60.0 Å². The summed E-state index contributed by atoms with van der Waals surface area (Å²) in [5, 5.41) is 7.29. The van der Waals surface area contributed by atoms with Crippen LogP contribution in [0.5, 0.6) is 0 Å². The zero-order valence-electron chi connectivity index (χ0n) is 15.1. The second kappa shape index (κ2) is 6.56. The Morgan fingerprint density at radius 2 is 1.93 bits per heavy atom. The highest BCUT2D eigenvalue weighted by Gasteiger charge is 2.30. The van der Waals surface area contributed by atoms with E-state index in [4.69, 9.17) is 0 Å². The molecule has 5 rings (SSSR count). The second-order valence-electron chi connectivity index (χ2n) is 7.11. The van der Waals surface area contributed by atoms with Gasteiger partial charge in [-0.25, -0.2) is 18.4 Å². The Bertz CT molecular complexity index is 1240. The molecule has 7 nitrogen and oxygen atoms in total. The van der Waals surface area contributed by atoms with Crippen LogP contribution < -0.4 is 0 Å². The highest BCUT2D eigenvalue weighted by molar-refractivity contribution is 7.92. The average molecular weight is 393 g/mol. The van der Waals surface area contributed by atoms with Crippen LogP contribution in [0.25, 0.3) is 28.1 Å². The van der Waals surface area contributed by atoms with Crippen LogP contribution >= 0.6 is 0 Å². The van der Waals surface area contributed by atoms with Crippen LogP contribution in [0.4, 0.5) is 0 Å². The summed E-state index contributed by atoms with van der Waals surface area (Å²) < 4.78 is 27.7. The fourth-order valence-electron chi connectivity index (χ4n) is 3.91. The molecule has 0 bridgehead atoms. The third-order valence-electron chi connectivity index (χ3n) is 5.38. The van der Waals surface area contributed by atoms with Crippen LogP contribution in [0.2, 0.25) is 0 Å². The third-order valence-corrected chi connectivity index (χ3v) is 7.61. The maximum atomic E-state index is 12.9. The molecular formula is C20H19N5O2S. The molecule has 0 spiro atoms. The molecule has 3 heterocycles. The lowest BCUT2D eigenvalue weighted by Gasteiger charge is -2.11. The van der Waals surface area contributed by atoms with E-state index in [-0.39, 0.29) is 5.25 Å². The number of pyridine rings is 1. The molecule has 1 aliphatic rings. The fourth-order valence-corrected chi connectivity index (χ4v) is 5.74. The van der Waals surface area contributed by atoms with Gasteiger partial charge in [0.1, 0.15) is 12.0 Å². The van der Waals surface area contributed by atoms with Crippen molar-refractivity contribution in [3.63, 3.8) is 0 Å². The summed E-state index contributed by atoms with van der Waals surface area (Å²) in [7, 11) is -3.31. The molecule has 1 N–H and O–H groups in total. The first-order valence-electron chi connectivity index (χ1n) is 9.30. The summed E-state index contributed by atoms with van der Waals surface area (Å²) in [6.45, 7) is 0. The number of nitrogens with one attached hydrogen (secondary N) is 1. The van der Waals surface area contributed by atoms with Crippen molar-refractivity contribution in [2.75, 3.05) is 0 Å². The Morgan fingerprint density at radius 1 is 1.07 bits per heavy atom. The van der Waals surface area contributed by atoms with Crippen molar-refractivity contribution in [2.45, 2.75) is 35.8 Å². The quantitative estimate of drug-likeness (QED) is 0.572. The van der Waals surface area contributed by atoms with Gasteiger partial charge in [-0.15, -0.1) is 0 Å². The Kier molecular flexibility index (Phi) is 4.01. The van der Waals surface area contributed by atoms with E-state index in [1.165, 1.54) is 12.5 Å². The summed E-state index contributed by atoms with van der Waals surface area (Å²) in [4.78, 5) is 9.00. The van der Waals surface area contributed by atoms with Gasteiger partial charge in [0.15, 0.2) is 15.7 Å². The minimum atomic E-state index is -3.31. The van der Waals surface area contributed by atoms with E-state index in [9.17, 15) is 8.42 Å². The van der Waals surface area contributed by atoms with Gasteiger partial charge in [0.25, 0.3) is 0 Å². The van der Waals surface area contributed by atoms with E-state index >= 15 is 0 Å². The summed E-state index contributed by atoms with van der Waals surface area (Å²) in [6, 6.07) is 11.5. The molecule has 1 fully saturated rings. The third kappa shape index (κ3) is 2.80. The van der Waals surface area contributed by atoms with Crippen molar-refractivity contribution in [3.05, 3.63) is 55.1 Å². The molecule has 4 aromatic rings. The zero-order chi connectivity index (χ0) is 19.1. The van der Waals surface area contributed by atoms with Crippen molar-refractivity contribution < 1.29 is 8.42 Å². The Balaban J connectivity index is 1.55. The Morgan fingerprint density at radius 3 is 2.71 bits per heavy atom. The van der Waals surface area contributed by atoms with Gasteiger partial charge in [-0.05, 0) is 37.1 Å². The lowest BCUT2D eigenvalue weighted by Crippen LogP contribution is -2.18. The number of aromatic nitrogens is 5. The number of rotatable bonds is 4. The van der Waals surface area contributed by atoms with Gasteiger partial charge in [-0.2, -0.15) is 5.10 Å². The van der Waals surface area contributed by atoms with E-state index in [1.807, 2.05) is 41.1 Å². The van der Waals surface area contributed by atoms with Gasteiger partial charge in [0, 0.05) is 29.0 Å².